The van der Waals surface area contributed by atoms with E-state index in [0.29, 0.717) is 18.6 Å². The summed E-state index contributed by atoms with van der Waals surface area (Å²) < 4.78 is 26.6. The molecule has 0 saturated heterocycles. The molecule has 1 aromatic heterocycles. The number of benzene rings is 2. The second-order valence-electron chi connectivity index (χ2n) is 12.7. The van der Waals surface area contributed by atoms with Crippen LogP contribution in [0, 0.1) is 41.9 Å². The van der Waals surface area contributed by atoms with Crippen LogP contribution in [0.25, 0.3) is 17.1 Å². The Balaban J connectivity index is 1.43. The zero-order chi connectivity index (χ0) is 32.2. The second-order valence-corrected chi connectivity index (χ2v) is 12.7. The van der Waals surface area contributed by atoms with E-state index in [2.05, 4.69) is 53.6 Å². The van der Waals surface area contributed by atoms with Crippen LogP contribution in [0.2, 0.25) is 0 Å². The number of rotatable bonds is 13. The minimum absolute atomic E-state index is 0.0583. The molecule has 9 heteroatoms. The van der Waals surface area contributed by atoms with Crippen molar-refractivity contribution in [3.05, 3.63) is 59.4 Å². The van der Waals surface area contributed by atoms with Crippen LogP contribution < -0.4 is 14.0 Å². The average molecular weight is 603 g/mol. The number of carbonyl (C=O) groups is 2. The van der Waals surface area contributed by atoms with Gasteiger partial charge in [-0.2, -0.15) is 9.83 Å². The molecule has 2 unspecified atom stereocenters. The zero-order valence-electron chi connectivity index (χ0n) is 27.2. The molecule has 9 nitrogen and oxygen atoms in total. The molecule has 0 amide bonds. The molecule has 2 aromatic carbocycles. The van der Waals surface area contributed by atoms with E-state index in [-0.39, 0.29) is 25.6 Å². The van der Waals surface area contributed by atoms with Gasteiger partial charge < -0.3 is 18.9 Å². The van der Waals surface area contributed by atoms with Crippen molar-refractivity contribution in [2.75, 3.05) is 27.4 Å². The Morgan fingerprint density at radius 3 is 2.39 bits per heavy atom. The number of ether oxygens (including phenoxy) is 4. The molecule has 0 spiro atoms. The van der Waals surface area contributed by atoms with Gasteiger partial charge in [-0.1, -0.05) is 0 Å². The van der Waals surface area contributed by atoms with Crippen LogP contribution in [0.3, 0.4) is 0 Å². The molecule has 234 valence electrons. The summed E-state index contributed by atoms with van der Waals surface area (Å²) in [4.78, 5) is 25.7. The average Bonchev–Trinajstić information content (AvgIpc) is 3.56. The normalized spacial score (nSPS) is 14.1. The molecule has 44 heavy (non-hydrogen) atoms. The number of nitriles is 1. The van der Waals surface area contributed by atoms with Crippen molar-refractivity contribution in [3.8, 4) is 34.6 Å². The topological polar surface area (TPSA) is 104 Å². The highest BCUT2D eigenvalue weighted by molar-refractivity contribution is 5.80. The molecule has 0 N–H and O–H groups in total. The Morgan fingerprint density at radius 1 is 1.05 bits per heavy atom. The van der Waals surface area contributed by atoms with Gasteiger partial charge in [0, 0.05) is 22.6 Å². The molecule has 0 radical (unpaired) electrons. The minimum Gasteiger partial charge on any atom is -0.497 e. The largest absolute Gasteiger partial charge is 0.497 e. The van der Waals surface area contributed by atoms with Crippen LogP contribution in [-0.2, 0) is 25.6 Å². The Labute approximate surface area is 260 Å². The number of aryl methyl sites for hydroxylation is 2. The first-order valence-electron chi connectivity index (χ1n) is 15.0. The number of hydrogen-bond donors (Lipinski definition) is 0. The third kappa shape index (κ3) is 6.75. The van der Waals surface area contributed by atoms with Crippen molar-refractivity contribution < 1.29 is 33.1 Å². The number of hydrogen-bond acceptors (Lipinski definition) is 7. The summed E-state index contributed by atoms with van der Waals surface area (Å²) in [7, 11) is 3.02. The maximum atomic E-state index is 13.3. The molecule has 1 aliphatic heterocycles. The van der Waals surface area contributed by atoms with Gasteiger partial charge >= 0.3 is 11.9 Å². The van der Waals surface area contributed by atoms with Crippen molar-refractivity contribution in [1.29, 1.82) is 5.26 Å². The fourth-order valence-corrected chi connectivity index (χ4v) is 6.28. The Hall–Kier alpha value is -4.32. The van der Waals surface area contributed by atoms with Gasteiger partial charge in [0.2, 0.25) is 0 Å². The lowest BCUT2D eigenvalue weighted by atomic mass is 9.71. The highest BCUT2D eigenvalue weighted by Crippen LogP contribution is 2.40. The summed E-state index contributed by atoms with van der Waals surface area (Å²) in [6.07, 6.45) is 5.36. The summed E-state index contributed by atoms with van der Waals surface area (Å²) in [5.41, 5.74) is 3.76. The third-order valence-electron chi connectivity index (χ3n) is 8.49. The van der Waals surface area contributed by atoms with Crippen molar-refractivity contribution >= 4 is 11.9 Å². The smallest absolute Gasteiger partial charge is 0.311 e. The van der Waals surface area contributed by atoms with E-state index < -0.39 is 22.8 Å². The lowest BCUT2D eigenvalue weighted by Crippen LogP contribution is -2.39. The number of imidazole rings is 1. The summed E-state index contributed by atoms with van der Waals surface area (Å²) in [6.45, 7) is 12.3. The van der Waals surface area contributed by atoms with Crippen LogP contribution >= 0.6 is 0 Å². The van der Waals surface area contributed by atoms with Gasteiger partial charge in [-0.05, 0) is 91.1 Å². The lowest BCUT2D eigenvalue weighted by molar-refractivity contribution is -0.671. The number of fused-ring (bicyclic) bond motifs is 3. The van der Waals surface area contributed by atoms with Gasteiger partial charge in [-0.3, -0.25) is 9.59 Å². The lowest BCUT2D eigenvalue weighted by Gasteiger charge is -2.34. The van der Waals surface area contributed by atoms with Gasteiger partial charge in [-0.25, -0.2) is 4.57 Å². The number of methoxy groups -OCH3 is 2. The van der Waals surface area contributed by atoms with Gasteiger partial charge in [0.1, 0.15) is 49.3 Å². The number of aromatic nitrogens is 2. The van der Waals surface area contributed by atoms with Gasteiger partial charge in [0.15, 0.2) is 0 Å². The third-order valence-corrected chi connectivity index (χ3v) is 8.49. The molecule has 3 aromatic rings. The van der Waals surface area contributed by atoms with Crippen molar-refractivity contribution in [2.24, 2.45) is 16.7 Å². The fourth-order valence-electron chi connectivity index (χ4n) is 6.28. The molecule has 0 aliphatic carbocycles. The van der Waals surface area contributed by atoms with Crippen LogP contribution in [0.4, 0.5) is 0 Å². The van der Waals surface area contributed by atoms with Crippen molar-refractivity contribution in [2.45, 2.75) is 67.3 Å². The quantitative estimate of drug-likeness (QED) is 0.107. The number of carbonyl (C=O) groups excluding carboxylic acids is 2. The predicted octanol–water partition coefficient (Wildman–Crippen LogP) is 5.88. The van der Waals surface area contributed by atoms with Crippen LogP contribution in [0.15, 0.2) is 42.7 Å². The molecular weight excluding hydrogens is 558 g/mol. The van der Waals surface area contributed by atoms with Crippen molar-refractivity contribution in [1.82, 2.24) is 4.57 Å². The molecule has 0 saturated carbocycles. The molecule has 4 rings (SSSR count). The van der Waals surface area contributed by atoms with E-state index in [1.54, 1.807) is 27.9 Å². The molecule has 2 heterocycles. The van der Waals surface area contributed by atoms with E-state index in [1.807, 2.05) is 25.1 Å². The van der Waals surface area contributed by atoms with Crippen LogP contribution in [0.1, 0.15) is 63.6 Å². The predicted molar refractivity (Wildman–Crippen MR) is 166 cm³/mol. The first kappa shape index (κ1) is 32.6. The second kappa shape index (κ2) is 13.1. The van der Waals surface area contributed by atoms with E-state index in [1.165, 1.54) is 18.2 Å². The molecule has 1 aliphatic rings. The first-order valence-corrected chi connectivity index (χ1v) is 15.0. The van der Waals surface area contributed by atoms with Gasteiger partial charge in [-0.15, -0.1) is 0 Å². The maximum Gasteiger partial charge on any atom is 0.311 e. The molecule has 2 atom stereocenters. The summed E-state index contributed by atoms with van der Waals surface area (Å²) in [6, 6.07) is 12.4. The van der Waals surface area contributed by atoms with E-state index in [4.69, 9.17) is 18.9 Å². The number of nitrogens with zero attached hydrogens (tertiary/aromatic N) is 3. The standard InChI is InChI=1S/C35H44N3O6/c1-23(20-36)11-12-35(6,22-34(4,5)32(39)42-8)33(40)44-16-15-43-28-17-24(2)30(25(3)18-28)38-14-13-37-21-26-19-27(41-7)9-10-29(26)31(37)38/h9-10,13-14,17-19,23H,11-12,15-16,21-22H2,1-8H3/q+1. The summed E-state index contributed by atoms with van der Waals surface area (Å²) >= 11 is 0. The maximum absolute atomic E-state index is 13.3. The Morgan fingerprint density at radius 2 is 1.75 bits per heavy atom. The van der Waals surface area contributed by atoms with Crippen LogP contribution in [0.5, 0.6) is 11.5 Å². The van der Waals surface area contributed by atoms with E-state index in [9.17, 15) is 14.9 Å². The SMILES string of the molecule is COC(=O)C(C)(C)CC(C)(CCC(C)C#N)C(=O)OCCOc1cc(C)c(-n2cc[n+]3c2-c2ccc(OC)cc2C3)c(C)c1. The molecule has 0 bridgehead atoms. The minimum atomic E-state index is -0.962. The van der Waals surface area contributed by atoms with Crippen LogP contribution in [-0.4, -0.2) is 43.9 Å². The summed E-state index contributed by atoms with van der Waals surface area (Å²) in [5.74, 6) is 1.64. The monoisotopic (exact) mass is 602 g/mol. The van der Waals surface area contributed by atoms with Gasteiger partial charge in [0.25, 0.3) is 5.82 Å². The van der Waals surface area contributed by atoms with Crippen molar-refractivity contribution in [3.63, 3.8) is 0 Å². The molecular formula is C35H44N3O6+. The fraction of sp³-hybridized carbons (Fsp3) is 0.486. The summed E-state index contributed by atoms with van der Waals surface area (Å²) in [5, 5.41) is 9.25. The first-order chi connectivity index (χ1) is 20.8. The zero-order valence-corrected chi connectivity index (χ0v) is 27.2. The highest BCUT2D eigenvalue weighted by atomic mass is 16.6. The Kier molecular flexibility index (Phi) is 9.72. The van der Waals surface area contributed by atoms with E-state index >= 15 is 0 Å². The molecule has 0 fully saturated rings. The highest BCUT2D eigenvalue weighted by Gasteiger charge is 2.43. The van der Waals surface area contributed by atoms with E-state index in [0.717, 1.165) is 34.9 Å². The van der Waals surface area contributed by atoms with Gasteiger partial charge in [0.05, 0.1) is 36.7 Å². The Bertz CT molecular complexity index is 1560. The number of esters is 2.